The molecule has 128 valence electrons. The Hall–Kier alpha value is -2.93. The summed E-state index contributed by atoms with van der Waals surface area (Å²) < 4.78 is 13.4. The van der Waals surface area contributed by atoms with Gasteiger partial charge in [-0.15, -0.1) is 0 Å². The molecule has 0 saturated heterocycles. The van der Waals surface area contributed by atoms with Crippen molar-refractivity contribution in [2.45, 2.75) is 13.0 Å². The van der Waals surface area contributed by atoms with E-state index in [2.05, 4.69) is 20.6 Å². The number of hydrogen-bond acceptors (Lipinski definition) is 3. The fourth-order valence-corrected chi connectivity index (χ4v) is 2.39. The van der Waals surface area contributed by atoms with Crippen molar-refractivity contribution in [2.24, 2.45) is 0 Å². The lowest BCUT2D eigenvalue weighted by Crippen LogP contribution is -2.37. The highest BCUT2D eigenvalue weighted by Crippen LogP contribution is 2.19. The number of para-hydroxylation sites is 2. The predicted molar refractivity (Wildman–Crippen MR) is 92.7 cm³/mol. The molecule has 1 heterocycles. The summed E-state index contributed by atoms with van der Waals surface area (Å²) in [6.45, 7) is 1.70. The smallest absolute Gasteiger partial charge is 0.313 e. The summed E-state index contributed by atoms with van der Waals surface area (Å²) in [5.74, 6) is -1.93. The molecule has 0 unspecified atom stereocenters. The van der Waals surface area contributed by atoms with E-state index in [0.717, 1.165) is 17.1 Å². The topological polar surface area (TPSA) is 86.9 Å². The predicted octanol–water partition coefficient (Wildman–Crippen LogP) is 3.17. The van der Waals surface area contributed by atoms with Crippen molar-refractivity contribution in [1.29, 1.82) is 0 Å². The van der Waals surface area contributed by atoms with Crippen molar-refractivity contribution in [3.63, 3.8) is 0 Å². The van der Waals surface area contributed by atoms with Gasteiger partial charge in [-0.1, -0.05) is 23.7 Å². The summed E-state index contributed by atoms with van der Waals surface area (Å²) in [6.07, 6.45) is 0. The number of benzene rings is 2. The molecule has 0 aliphatic heterocycles. The maximum atomic E-state index is 13.4. The molecule has 0 spiro atoms. The van der Waals surface area contributed by atoms with E-state index in [9.17, 15) is 14.0 Å². The van der Waals surface area contributed by atoms with Crippen molar-refractivity contribution in [2.75, 3.05) is 5.32 Å². The largest absolute Gasteiger partial charge is 0.340 e. The van der Waals surface area contributed by atoms with Crippen LogP contribution in [-0.2, 0) is 9.59 Å². The lowest BCUT2D eigenvalue weighted by Gasteiger charge is -2.11. The van der Waals surface area contributed by atoms with Crippen LogP contribution in [0.2, 0.25) is 5.02 Å². The number of aromatic nitrogens is 2. The van der Waals surface area contributed by atoms with Gasteiger partial charge in [-0.3, -0.25) is 9.59 Å². The molecular weight excluding hydrogens is 347 g/mol. The molecule has 0 fully saturated rings. The Balaban J connectivity index is 1.65. The first-order valence-corrected chi connectivity index (χ1v) is 7.83. The highest BCUT2D eigenvalue weighted by atomic mass is 35.5. The van der Waals surface area contributed by atoms with Crippen LogP contribution in [0.4, 0.5) is 10.1 Å². The Bertz CT molecular complexity index is 924. The average Bonchev–Trinajstić information content (AvgIpc) is 3.02. The number of rotatable bonds is 3. The zero-order valence-electron chi connectivity index (χ0n) is 13.1. The lowest BCUT2D eigenvalue weighted by atomic mass is 10.3. The van der Waals surface area contributed by atoms with E-state index in [1.54, 1.807) is 6.92 Å². The van der Waals surface area contributed by atoms with Crippen LogP contribution in [0.3, 0.4) is 0 Å². The molecule has 0 aliphatic rings. The van der Waals surface area contributed by atoms with E-state index in [-0.39, 0.29) is 10.7 Å². The molecule has 3 aromatic rings. The second-order valence-electron chi connectivity index (χ2n) is 5.42. The first kappa shape index (κ1) is 16.9. The Morgan fingerprint density at radius 1 is 1.20 bits per heavy atom. The Morgan fingerprint density at radius 3 is 2.68 bits per heavy atom. The molecule has 2 amide bonds. The molecule has 1 atom stereocenters. The van der Waals surface area contributed by atoms with Gasteiger partial charge in [-0.05, 0) is 37.3 Å². The average molecular weight is 361 g/mol. The highest BCUT2D eigenvalue weighted by molar-refractivity contribution is 6.39. The van der Waals surface area contributed by atoms with Crippen LogP contribution in [-0.4, -0.2) is 21.8 Å². The molecule has 3 N–H and O–H groups in total. The number of aromatic amines is 1. The standard InChI is InChI=1S/C17H14ClFN4O2/c1-9(15-22-13-4-2-3-5-14(13)23-15)20-16(24)17(25)21-10-6-7-11(18)12(19)8-10/h2-9H,1H3,(H,20,24)(H,21,25)(H,22,23)/t9-/m1/s1. The number of hydrogen-bond donors (Lipinski definition) is 3. The maximum absolute atomic E-state index is 13.4. The fourth-order valence-electron chi connectivity index (χ4n) is 2.27. The first-order chi connectivity index (χ1) is 11.9. The van der Waals surface area contributed by atoms with Gasteiger partial charge in [0.25, 0.3) is 0 Å². The van der Waals surface area contributed by atoms with E-state index >= 15 is 0 Å². The third-order valence-electron chi connectivity index (χ3n) is 3.55. The summed E-state index contributed by atoms with van der Waals surface area (Å²) in [4.78, 5) is 31.4. The molecule has 3 rings (SSSR count). The molecule has 0 bridgehead atoms. The number of carbonyl (C=O) groups is 2. The Labute approximate surface area is 147 Å². The van der Waals surface area contributed by atoms with E-state index in [1.807, 2.05) is 24.3 Å². The first-order valence-electron chi connectivity index (χ1n) is 7.45. The van der Waals surface area contributed by atoms with Gasteiger partial charge < -0.3 is 15.6 Å². The number of imidazole rings is 1. The van der Waals surface area contributed by atoms with E-state index in [0.29, 0.717) is 5.82 Å². The van der Waals surface area contributed by atoms with Crippen molar-refractivity contribution in [3.8, 4) is 0 Å². The molecule has 0 aliphatic carbocycles. The summed E-state index contributed by atoms with van der Waals surface area (Å²) in [5, 5.41) is 4.78. The van der Waals surface area contributed by atoms with Crippen molar-refractivity contribution in [1.82, 2.24) is 15.3 Å². The minimum Gasteiger partial charge on any atom is -0.340 e. The number of H-pyrrole nitrogens is 1. The molecule has 6 nitrogen and oxygen atoms in total. The fraction of sp³-hybridized carbons (Fsp3) is 0.118. The van der Waals surface area contributed by atoms with E-state index in [1.165, 1.54) is 12.1 Å². The molecular formula is C17H14ClFN4O2. The molecule has 0 radical (unpaired) electrons. The van der Waals surface area contributed by atoms with Gasteiger partial charge in [-0.25, -0.2) is 9.37 Å². The van der Waals surface area contributed by atoms with E-state index < -0.39 is 23.7 Å². The number of anilines is 1. The summed E-state index contributed by atoms with van der Waals surface area (Å²) in [6, 6.07) is 10.7. The van der Waals surface area contributed by atoms with Crippen LogP contribution in [0.15, 0.2) is 42.5 Å². The zero-order chi connectivity index (χ0) is 18.0. The minimum atomic E-state index is -0.912. The number of carbonyl (C=O) groups excluding carboxylic acids is 2. The minimum absolute atomic E-state index is 0.0686. The van der Waals surface area contributed by atoms with Gasteiger partial charge in [0.05, 0.1) is 22.1 Å². The van der Waals surface area contributed by atoms with Crippen LogP contribution >= 0.6 is 11.6 Å². The number of amides is 2. The monoisotopic (exact) mass is 360 g/mol. The molecule has 2 aromatic carbocycles. The van der Waals surface area contributed by atoms with Gasteiger partial charge >= 0.3 is 11.8 Å². The zero-order valence-corrected chi connectivity index (χ0v) is 13.9. The molecule has 25 heavy (non-hydrogen) atoms. The lowest BCUT2D eigenvalue weighted by molar-refractivity contribution is -0.136. The molecule has 1 aromatic heterocycles. The normalized spacial score (nSPS) is 12.0. The second kappa shape index (κ2) is 6.90. The number of nitrogens with zero attached hydrogens (tertiary/aromatic N) is 1. The Morgan fingerprint density at radius 2 is 1.96 bits per heavy atom. The molecule has 0 saturated carbocycles. The van der Waals surface area contributed by atoms with Gasteiger partial charge in [0.2, 0.25) is 0 Å². The van der Waals surface area contributed by atoms with Crippen molar-refractivity contribution < 1.29 is 14.0 Å². The van der Waals surface area contributed by atoms with Crippen LogP contribution < -0.4 is 10.6 Å². The van der Waals surface area contributed by atoms with Crippen LogP contribution in [0.25, 0.3) is 11.0 Å². The van der Waals surface area contributed by atoms with Crippen LogP contribution in [0.5, 0.6) is 0 Å². The molecule has 8 heteroatoms. The van der Waals surface area contributed by atoms with Crippen LogP contribution in [0.1, 0.15) is 18.8 Å². The summed E-state index contributed by atoms with van der Waals surface area (Å²) >= 11 is 5.57. The summed E-state index contributed by atoms with van der Waals surface area (Å²) in [7, 11) is 0. The van der Waals surface area contributed by atoms with E-state index in [4.69, 9.17) is 11.6 Å². The van der Waals surface area contributed by atoms with Gasteiger partial charge in [0, 0.05) is 5.69 Å². The third-order valence-corrected chi connectivity index (χ3v) is 3.86. The van der Waals surface area contributed by atoms with Crippen molar-refractivity contribution in [3.05, 3.63) is 59.1 Å². The van der Waals surface area contributed by atoms with Gasteiger partial charge in [0.15, 0.2) is 0 Å². The number of fused-ring (bicyclic) bond motifs is 1. The van der Waals surface area contributed by atoms with Gasteiger partial charge in [0.1, 0.15) is 11.6 Å². The third kappa shape index (κ3) is 3.77. The van der Waals surface area contributed by atoms with Crippen molar-refractivity contribution >= 4 is 40.1 Å². The van der Waals surface area contributed by atoms with Crippen LogP contribution in [0, 0.1) is 5.82 Å². The highest BCUT2D eigenvalue weighted by Gasteiger charge is 2.19. The second-order valence-corrected chi connectivity index (χ2v) is 5.82. The van der Waals surface area contributed by atoms with Gasteiger partial charge in [-0.2, -0.15) is 0 Å². The SMILES string of the molecule is C[C@@H](NC(=O)C(=O)Nc1ccc(Cl)c(F)c1)c1nc2ccccc2[nH]1. The maximum Gasteiger partial charge on any atom is 0.313 e. The number of nitrogens with one attached hydrogen (secondary N) is 3. The quantitative estimate of drug-likeness (QED) is 0.627. The summed E-state index contributed by atoms with van der Waals surface area (Å²) in [5.41, 5.74) is 1.73. The Kier molecular flexibility index (Phi) is 4.67. The number of halogens is 2.